The predicted molar refractivity (Wildman–Crippen MR) is 112 cm³/mol. The second kappa shape index (κ2) is 6.14. The summed E-state index contributed by atoms with van der Waals surface area (Å²) in [6, 6.07) is 17.5. The third-order valence-electron chi connectivity index (χ3n) is 4.54. The highest BCUT2D eigenvalue weighted by Crippen LogP contribution is 2.31. The number of nitro benzene ring substituents is 1. The molecule has 28 heavy (non-hydrogen) atoms. The maximum Gasteiger partial charge on any atom is 0.270 e. The standard InChI is InChI=1S/C20H12N4O3S/c25-19-13-3-1-2-4-15(13)22-16-7-5-11(9-14(16)19)21-20-23-17-8-6-12(24(26)27)10-18(17)28-20/h1-10H,(H,21,23)(H,22,25). The fourth-order valence-electron chi connectivity index (χ4n) is 3.20. The first-order chi connectivity index (χ1) is 13.6. The van der Waals surface area contributed by atoms with Gasteiger partial charge in [0.15, 0.2) is 10.6 Å². The number of non-ortho nitro benzene ring substituents is 1. The topological polar surface area (TPSA) is 101 Å². The zero-order valence-electron chi connectivity index (χ0n) is 14.3. The van der Waals surface area contributed by atoms with Crippen LogP contribution in [0.5, 0.6) is 0 Å². The minimum absolute atomic E-state index is 0.0341. The summed E-state index contributed by atoms with van der Waals surface area (Å²) in [7, 11) is 0. The Morgan fingerprint density at radius 3 is 2.68 bits per heavy atom. The largest absolute Gasteiger partial charge is 0.354 e. The van der Waals surface area contributed by atoms with Gasteiger partial charge in [-0.05, 0) is 36.4 Å². The van der Waals surface area contributed by atoms with Gasteiger partial charge in [0.2, 0.25) is 0 Å². The molecule has 3 aromatic carbocycles. The maximum absolute atomic E-state index is 12.8. The molecule has 0 unspecified atom stereocenters. The number of H-pyrrole nitrogens is 1. The number of nitro groups is 1. The molecule has 0 aliphatic rings. The molecule has 0 atom stereocenters. The molecule has 0 saturated carbocycles. The van der Waals surface area contributed by atoms with Gasteiger partial charge in [0.25, 0.3) is 5.69 Å². The fourth-order valence-corrected chi connectivity index (χ4v) is 4.12. The number of anilines is 2. The Bertz CT molecular complexity index is 1450. The quantitative estimate of drug-likeness (QED) is 0.259. The van der Waals surface area contributed by atoms with Crippen molar-refractivity contribution in [2.24, 2.45) is 0 Å². The summed E-state index contributed by atoms with van der Waals surface area (Å²) in [6.07, 6.45) is 0. The summed E-state index contributed by atoms with van der Waals surface area (Å²) < 4.78 is 0.723. The number of aromatic amines is 1. The zero-order valence-corrected chi connectivity index (χ0v) is 15.1. The number of rotatable bonds is 3. The average Bonchev–Trinajstić information content (AvgIpc) is 3.10. The van der Waals surface area contributed by atoms with Gasteiger partial charge < -0.3 is 10.3 Å². The summed E-state index contributed by atoms with van der Waals surface area (Å²) >= 11 is 1.32. The van der Waals surface area contributed by atoms with Crippen LogP contribution in [0.15, 0.2) is 65.5 Å². The molecule has 7 nitrogen and oxygen atoms in total. The van der Waals surface area contributed by atoms with Crippen LogP contribution in [0.2, 0.25) is 0 Å². The Balaban J connectivity index is 1.57. The zero-order chi connectivity index (χ0) is 19.3. The molecule has 136 valence electrons. The number of thiazole rings is 1. The SMILES string of the molecule is O=c1c2ccccc2[nH]c2ccc(Nc3nc4ccc([N+](=O)[O-])cc4s3)cc12. The van der Waals surface area contributed by atoms with Crippen molar-refractivity contribution >= 4 is 59.9 Å². The van der Waals surface area contributed by atoms with Gasteiger partial charge in [-0.25, -0.2) is 4.98 Å². The lowest BCUT2D eigenvalue weighted by atomic mass is 10.1. The number of para-hydroxylation sites is 1. The van der Waals surface area contributed by atoms with Crippen molar-refractivity contribution in [3.63, 3.8) is 0 Å². The first-order valence-corrected chi connectivity index (χ1v) is 9.27. The summed E-state index contributed by atoms with van der Waals surface area (Å²) in [6.45, 7) is 0. The molecule has 0 saturated heterocycles. The van der Waals surface area contributed by atoms with Crippen molar-refractivity contribution in [3.8, 4) is 0 Å². The number of nitrogens with zero attached hydrogens (tertiary/aromatic N) is 2. The van der Waals surface area contributed by atoms with Gasteiger partial charge in [-0.1, -0.05) is 23.5 Å². The van der Waals surface area contributed by atoms with E-state index in [4.69, 9.17) is 0 Å². The molecule has 5 aromatic rings. The molecule has 5 rings (SSSR count). The number of fused-ring (bicyclic) bond motifs is 3. The van der Waals surface area contributed by atoms with Gasteiger partial charge in [-0.15, -0.1) is 0 Å². The van der Waals surface area contributed by atoms with Crippen molar-refractivity contribution in [2.75, 3.05) is 5.32 Å². The van der Waals surface area contributed by atoms with Gasteiger partial charge >= 0.3 is 0 Å². The first-order valence-electron chi connectivity index (χ1n) is 8.45. The number of nitrogens with one attached hydrogen (secondary N) is 2. The Morgan fingerprint density at radius 2 is 1.82 bits per heavy atom. The second-order valence-electron chi connectivity index (χ2n) is 6.31. The molecule has 2 N–H and O–H groups in total. The minimum Gasteiger partial charge on any atom is -0.354 e. The number of pyridine rings is 1. The summed E-state index contributed by atoms with van der Waals surface area (Å²) in [5, 5.41) is 16.0. The third-order valence-corrected chi connectivity index (χ3v) is 5.47. The van der Waals surface area contributed by atoms with Crippen molar-refractivity contribution < 1.29 is 4.92 Å². The molecule has 0 amide bonds. The van der Waals surface area contributed by atoms with Crippen molar-refractivity contribution in [1.82, 2.24) is 9.97 Å². The van der Waals surface area contributed by atoms with Gasteiger partial charge in [0.05, 0.1) is 15.1 Å². The van der Waals surface area contributed by atoms with E-state index in [1.165, 1.54) is 23.5 Å². The van der Waals surface area contributed by atoms with Gasteiger partial charge in [0, 0.05) is 39.6 Å². The predicted octanol–water partition coefficient (Wildman–Crippen LogP) is 4.94. The fraction of sp³-hybridized carbons (Fsp3) is 0. The average molecular weight is 388 g/mol. The van der Waals surface area contributed by atoms with Crippen molar-refractivity contribution in [3.05, 3.63) is 81.0 Å². The maximum atomic E-state index is 12.8. The molecule has 0 radical (unpaired) electrons. The van der Waals surface area contributed by atoms with E-state index in [0.29, 0.717) is 21.4 Å². The lowest BCUT2D eigenvalue weighted by molar-refractivity contribution is -0.384. The highest BCUT2D eigenvalue weighted by molar-refractivity contribution is 7.22. The van der Waals surface area contributed by atoms with Crippen LogP contribution < -0.4 is 10.7 Å². The van der Waals surface area contributed by atoms with Crippen molar-refractivity contribution in [2.45, 2.75) is 0 Å². The van der Waals surface area contributed by atoms with Gasteiger partial charge in [0.1, 0.15) is 0 Å². The van der Waals surface area contributed by atoms with E-state index < -0.39 is 4.92 Å². The Hall–Kier alpha value is -3.78. The molecule has 0 aliphatic carbocycles. The molecule has 0 spiro atoms. The lowest BCUT2D eigenvalue weighted by Crippen LogP contribution is -2.04. The number of aromatic nitrogens is 2. The van der Waals surface area contributed by atoms with E-state index >= 15 is 0 Å². The van der Waals surface area contributed by atoms with Crippen LogP contribution in [0.25, 0.3) is 32.0 Å². The number of hydrogen-bond acceptors (Lipinski definition) is 6. The smallest absolute Gasteiger partial charge is 0.270 e. The number of hydrogen-bond donors (Lipinski definition) is 2. The van der Waals surface area contributed by atoms with Crippen LogP contribution in [0.1, 0.15) is 0 Å². The summed E-state index contributed by atoms with van der Waals surface area (Å²) in [5.41, 5.74) is 2.96. The van der Waals surface area contributed by atoms with Crippen LogP contribution in [-0.4, -0.2) is 14.9 Å². The minimum atomic E-state index is -0.424. The molecular formula is C20H12N4O3S. The molecule has 0 fully saturated rings. The Labute approximate surface area is 161 Å². The summed E-state index contributed by atoms with van der Waals surface area (Å²) in [5.74, 6) is 0. The van der Waals surface area contributed by atoms with Gasteiger partial charge in [-0.3, -0.25) is 14.9 Å². The highest BCUT2D eigenvalue weighted by Gasteiger charge is 2.11. The monoisotopic (exact) mass is 388 g/mol. The molecule has 8 heteroatoms. The molecule has 2 heterocycles. The lowest BCUT2D eigenvalue weighted by Gasteiger charge is -2.06. The molecule has 0 aliphatic heterocycles. The van der Waals surface area contributed by atoms with E-state index in [1.807, 2.05) is 30.3 Å². The van der Waals surface area contributed by atoms with Crippen LogP contribution in [0.4, 0.5) is 16.5 Å². The molecule has 0 bridgehead atoms. The Kier molecular flexibility index (Phi) is 3.59. The van der Waals surface area contributed by atoms with Crippen molar-refractivity contribution in [1.29, 1.82) is 0 Å². The van der Waals surface area contributed by atoms with E-state index in [2.05, 4.69) is 15.3 Å². The number of benzene rings is 3. The highest BCUT2D eigenvalue weighted by atomic mass is 32.1. The molecular weight excluding hydrogens is 376 g/mol. The van der Waals surface area contributed by atoms with E-state index in [1.54, 1.807) is 18.2 Å². The van der Waals surface area contributed by atoms with Crippen LogP contribution in [0, 0.1) is 10.1 Å². The van der Waals surface area contributed by atoms with Gasteiger partial charge in [-0.2, -0.15) is 0 Å². The normalized spacial score (nSPS) is 11.3. The van der Waals surface area contributed by atoms with E-state index in [-0.39, 0.29) is 11.1 Å². The Morgan fingerprint density at radius 1 is 1.00 bits per heavy atom. The molecule has 2 aromatic heterocycles. The third kappa shape index (κ3) is 2.67. The summed E-state index contributed by atoms with van der Waals surface area (Å²) in [4.78, 5) is 31.1. The van der Waals surface area contributed by atoms with Crippen LogP contribution in [0.3, 0.4) is 0 Å². The second-order valence-corrected chi connectivity index (χ2v) is 7.34. The van der Waals surface area contributed by atoms with E-state index in [9.17, 15) is 14.9 Å². The first kappa shape index (κ1) is 16.4. The van der Waals surface area contributed by atoms with E-state index in [0.717, 1.165) is 21.4 Å². The van der Waals surface area contributed by atoms with Crippen LogP contribution >= 0.6 is 11.3 Å². The van der Waals surface area contributed by atoms with Crippen LogP contribution in [-0.2, 0) is 0 Å².